The van der Waals surface area contributed by atoms with Crippen molar-refractivity contribution >= 4 is 11.6 Å². The second-order valence-corrected chi connectivity index (χ2v) is 5.09. The Hall–Kier alpha value is 0.290. The van der Waals surface area contributed by atoms with Crippen molar-refractivity contribution in [1.82, 2.24) is 0 Å². The predicted octanol–water partition coefficient (Wildman–Crippen LogP) is 4.61. The van der Waals surface area contributed by atoms with Gasteiger partial charge in [0.15, 0.2) is 0 Å². The highest BCUT2D eigenvalue weighted by Gasteiger charge is 2.27. The molecule has 0 aliphatic heterocycles. The Balaban J connectivity index is 2.33. The number of halogens is 1. The van der Waals surface area contributed by atoms with Crippen LogP contribution in [0.4, 0.5) is 0 Å². The molecule has 13 heavy (non-hydrogen) atoms. The van der Waals surface area contributed by atoms with Gasteiger partial charge in [-0.1, -0.05) is 33.1 Å². The summed E-state index contributed by atoms with van der Waals surface area (Å²) in [5, 5.41) is 0.480. The van der Waals surface area contributed by atoms with Gasteiger partial charge in [0.2, 0.25) is 0 Å². The minimum absolute atomic E-state index is 0.480. The average Bonchev–Trinajstić information content (AvgIpc) is 2.12. The molecule has 0 N–H and O–H groups in total. The normalized spacial score (nSPS) is 34.8. The summed E-state index contributed by atoms with van der Waals surface area (Å²) in [6, 6.07) is 0. The Kier molecular flexibility index (Phi) is 5.16. The standard InChI is InChI=1S/C12H23Cl/c1-3-5-10-7-8-12(13)11(9-10)6-4-2/h10-12H,3-9H2,1-2H3. The second kappa shape index (κ2) is 5.90. The smallest absolute Gasteiger partial charge is 0.0364 e. The van der Waals surface area contributed by atoms with Gasteiger partial charge in [-0.05, 0) is 37.5 Å². The molecule has 1 aliphatic rings. The van der Waals surface area contributed by atoms with Crippen LogP contribution in [0.3, 0.4) is 0 Å². The first-order valence-electron chi connectivity index (χ1n) is 5.92. The lowest BCUT2D eigenvalue weighted by Gasteiger charge is -2.32. The first kappa shape index (κ1) is 11.4. The lowest BCUT2D eigenvalue weighted by Crippen LogP contribution is -2.25. The Bertz CT molecular complexity index is 133. The third-order valence-electron chi connectivity index (χ3n) is 3.35. The maximum Gasteiger partial charge on any atom is 0.0364 e. The van der Waals surface area contributed by atoms with Crippen LogP contribution in [-0.4, -0.2) is 5.38 Å². The van der Waals surface area contributed by atoms with Gasteiger partial charge in [0, 0.05) is 5.38 Å². The first-order chi connectivity index (χ1) is 6.27. The molecule has 0 heterocycles. The molecule has 0 nitrogen and oxygen atoms in total. The number of hydrogen-bond acceptors (Lipinski definition) is 0. The molecular formula is C12H23Cl. The van der Waals surface area contributed by atoms with Crippen molar-refractivity contribution in [2.24, 2.45) is 11.8 Å². The lowest BCUT2D eigenvalue weighted by molar-refractivity contribution is 0.246. The molecule has 0 radical (unpaired) electrons. The number of hydrogen-bond donors (Lipinski definition) is 0. The van der Waals surface area contributed by atoms with Crippen LogP contribution in [0.5, 0.6) is 0 Å². The van der Waals surface area contributed by atoms with Crippen molar-refractivity contribution in [2.45, 2.75) is 64.2 Å². The molecule has 0 aromatic carbocycles. The minimum atomic E-state index is 0.480. The van der Waals surface area contributed by atoms with Crippen LogP contribution in [-0.2, 0) is 0 Å². The van der Waals surface area contributed by atoms with E-state index in [0.29, 0.717) is 5.38 Å². The van der Waals surface area contributed by atoms with Crippen molar-refractivity contribution in [1.29, 1.82) is 0 Å². The van der Waals surface area contributed by atoms with E-state index in [9.17, 15) is 0 Å². The van der Waals surface area contributed by atoms with E-state index >= 15 is 0 Å². The summed E-state index contributed by atoms with van der Waals surface area (Å²) in [6.45, 7) is 4.56. The van der Waals surface area contributed by atoms with Gasteiger partial charge in [-0.3, -0.25) is 0 Å². The van der Waals surface area contributed by atoms with Crippen LogP contribution < -0.4 is 0 Å². The molecule has 0 aromatic rings. The van der Waals surface area contributed by atoms with E-state index in [-0.39, 0.29) is 0 Å². The molecule has 0 amide bonds. The zero-order valence-electron chi connectivity index (χ0n) is 9.06. The highest BCUT2D eigenvalue weighted by Crippen LogP contribution is 2.37. The largest absolute Gasteiger partial charge is 0.123 e. The zero-order chi connectivity index (χ0) is 9.68. The van der Waals surface area contributed by atoms with E-state index in [1.54, 1.807) is 0 Å². The fourth-order valence-corrected chi connectivity index (χ4v) is 3.02. The molecule has 1 aliphatic carbocycles. The quantitative estimate of drug-likeness (QED) is 0.584. The minimum Gasteiger partial charge on any atom is -0.123 e. The van der Waals surface area contributed by atoms with E-state index in [2.05, 4.69) is 13.8 Å². The molecular weight excluding hydrogens is 180 g/mol. The van der Waals surface area contributed by atoms with Crippen LogP contribution in [0.2, 0.25) is 0 Å². The monoisotopic (exact) mass is 202 g/mol. The van der Waals surface area contributed by atoms with Crippen LogP contribution >= 0.6 is 11.6 Å². The maximum atomic E-state index is 6.33. The second-order valence-electron chi connectivity index (χ2n) is 4.53. The van der Waals surface area contributed by atoms with Gasteiger partial charge in [0.05, 0.1) is 0 Å². The van der Waals surface area contributed by atoms with Gasteiger partial charge in [0.1, 0.15) is 0 Å². The summed E-state index contributed by atoms with van der Waals surface area (Å²) >= 11 is 6.33. The Morgan fingerprint density at radius 3 is 2.38 bits per heavy atom. The van der Waals surface area contributed by atoms with Crippen molar-refractivity contribution in [3.8, 4) is 0 Å². The molecule has 0 spiro atoms. The average molecular weight is 203 g/mol. The molecule has 3 unspecified atom stereocenters. The Labute approximate surface area is 88.1 Å². The van der Waals surface area contributed by atoms with E-state index in [0.717, 1.165) is 11.8 Å². The molecule has 1 fully saturated rings. The molecule has 0 bridgehead atoms. The summed E-state index contributed by atoms with van der Waals surface area (Å²) in [6.07, 6.45) is 9.44. The van der Waals surface area contributed by atoms with Gasteiger partial charge in [-0.25, -0.2) is 0 Å². The molecule has 78 valence electrons. The van der Waals surface area contributed by atoms with Crippen molar-refractivity contribution in [3.63, 3.8) is 0 Å². The molecule has 1 rings (SSSR count). The predicted molar refractivity (Wildman–Crippen MR) is 60.3 cm³/mol. The zero-order valence-corrected chi connectivity index (χ0v) is 9.82. The third-order valence-corrected chi connectivity index (χ3v) is 3.93. The highest BCUT2D eigenvalue weighted by atomic mass is 35.5. The Morgan fingerprint density at radius 2 is 1.77 bits per heavy atom. The number of rotatable bonds is 4. The first-order valence-corrected chi connectivity index (χ1v) is 6.35. The van der Waals surface area contributed by atoms with E-state index in [4.69, 9.17) is 11.6 Å². The summed E-state index contributed by atoms with van der Waals surface area (Å²) in [5.74, 6) is 1.80. The third kappa shape index (κ3) is 3.50. The number of alkyl halides is 1. The molecule has 0 saturated heterocycles. The van der Waals surface area contributed by atoms with E-state index in [1.165, 1.54) is 44.9 Å². The van der Waals surface area contributed by atoms with Gasteiger partial charge < -0.3 is 0 Å². The van der Waals surface area contributed by atoms with Crippen LogP contribution in [0.25, 0.3) is 0 Å². The van der Waals surface area contributed by atoms with E-state index in [1.807, 2.05) is 0 Å². The summed E-state index contributed by atoms with van der Waals surface area (Å²) in [5.41, 5.74) is 0. The Morgan fingerprint density at radius 1 is 1.08 bits per heavy atom. The fourth-order valence-electron chi connectivity index (χ4n) is 2.66. The van der Waals surface area contributed by atoms with E-state index < -0.39 is 0 Å². The molecule has 1 saturated carbocycles. The van der Waals surface area contributed by atoms with Gasteiger partial charge in [-0.2, -0.15) is 0 Å². The lowest BCUT2D eigenvalue weighted by atomic mass is 9.77. The topological polar surface area (TPSA) is 0 Å². The van der Waals surface area contributed by atoms with Crippen molar-refractivity contribution in [2.75, 3.05) is 0 Å². The summed E-state index contributed by atoms with van der Waals surface area (Å²) in [4.78, 5) is 0. The maximum absolute atomic E-state index is 6.33. The van der Waals surface area contributed by atoms with Crippen LogP contribution in [0.1, 0.15) is 58.8 Å². The fraction of sp³-hybridized carbons (Fsp3) is 1.00. The SMILES string of the molecule is CCCC1CCC(Cl)C(CCC)C1. The van der Waals surface area contributed by atoms with Crippen molar-refractivity contribution < 1.29 is 0 Å². The molecule has 3 atom stereocenters. The van der Waals surface area contributed by atoms with Gasteiger partial charge in [-0.15, -0.1) is 11.6 Å². The highest BCUT2D eigenvalue weighted by molar-refractivity contribution is 6.20. The van der Waals surface area contributed by atoms with Crippen LogP contribution in [0, 0.1) is 11.8 Å². The van der Waals surface area contributed by atoms with Gasteiger partial charge >= 0.3 is 0 Å². The van der Waals surface area contributed by atoms with Crippen molar-refractivity contribution in [3.05, 3.63) is 0 Å². The molecule has 1 heteroatoms. The molecule has 0 aromatic heterocycles. The summed E-state index contributed by atoms with van der Waals surface area (Å²) < 4.78 is 0. The van der Waals surface area contributed by atoms with Gasteiger partial charge in [0.25, 0.3) is 0 Å². The van der Waals surface area contributed by atoms with Crippen LogP contribution in [0.15, 0.2) is 0 Å². The summed E-state index contributed by atoms with van der Waals surface area (Å²) in [7, 11) is 0.